The quantitative estimate of drug-likeness (QED) is 0.603. The van der Waals surface area contributed by atoms with Crippen molar-refractivity contribution in [2.75, 3.05) is 20.8 Å². The highest BCUT2D eigenvalue weighted by atomic mass is 16.5. The first-order chi connectivity index (χ1) is 11.7. The van der Waals surface area contributed by atoms with Crippen molar-refractivity contribution in [2.24, 2.45) is 11.8 Å². The van der Waals surface area contributed by atoms with Gasteiger partial charge >= 0.3 is 5.97 Å². The average molecular weight is 328 g/mol. The SMILES string of the molecule is [13CH3]Oc1cccc(CC2COC(=O)C2Cc2cccc(O[13CH3])c2)c1. The van der Waals surface area contributed by atoms with Gasteiger partial charge in [-0.3, -0.25) is 4.79 Å². The summed E-state index contributed by atoms with van der Waals surface area (Å²) in [4.78, 5) is 12.2. The number of carbonyl (C=O) groups excluding carboxylic acids is 1. The molecule has 3 rings (SSSR count). The highest BCUT2D eigenvalue weighted by Crippen LogP contribution is 2.30. The maximum Gasteiger partial charge on any atom is 0.309 e. The molecule has 0 saturated carbocycles. The van der Waals surface area contributed by atoms with Gasteiger partial charge in [0.15, 0.2) is 0 Å². The monoisotopic (exact) mass is 328 g/mol. The molecule has 2 aromatic rings. The third-order valence-electron chi connectivity index (χ3n) is 4.53. The van der Waals surface area contributed by atoms with Crippen molar-refractivity contribution < 1.29 is 19.0 Å². The van der Waals surface area contributed by atoms with Gasteiger partial charge in [-0.05, 0) is 48.2 Å². The van der Waals surface area contributed by atoms with Crippen molar-refractivity contribution in [3.8, 4) is 11.5 Å². The molecule has 0 bridgehead atoms. The minimum absolute atomic E-state index is 0.106. The van der Waals surface area contributed by atoms with E-state index in [1.54, 1.807) is 14.2 Å². The second-order valence-corrected chi connectivity index (χ2v) is 6.11. The third-order valence-corrected chi connectivity index (χ3v) is 4.53. The zero-order valence-corrected chi connectivity index (χ0v) is 14.0. The predicted molar refractivity (Wildman–Crippen MR) is 91.3 cm³/mol. The number of esters is 1. The Kier molecular flexibility index (Phi) is 5.04. The van der Waals surface area contributed by atoms with Crippen LogP contribution >= 0.6 is 0 Å². The second kappa shape index (κ2) is 7.39. The van der Waals surface area contributed by atoms with E-state index in [1.165, 1.54) is 0 Å². The van der Waals surface area contributed by atoms with Gasteiger partial charge in [-0.25, -0.2) is 0 Å². The Morgan fingerprint density at radius 1 is 0.958 bits per heavy atom. The number of cyclic esters (lactones) is 1. The van der Waals surface area contributed by atoms with E-state index in [1.807, 2.05) is 42.5 Å². The van der Waals surface area contributed by atoms with Crippen LogP contribution in [0.15, 0.2) is 48.5 Å². The van der Waals surface area contributed by atoms with E-state index in [9.17, 15) is 4.79 Å². The molecule has 4 nitrogen and oxygen atoms in total. The summed E-state index contributed by atoms with van der Waals surface area (Å²) in [5.74, 6) is 1.59. The first-order valence-electron chi connectivity index (χ1n) is 8.12. The smallest absolute Gasteiger partial charge is 0.309 e. The molecule has 1 fully saturated rings. The Hall–Kier alpha value is -2.49. The zero-order chi connectivity index (χ0) is 16.9. The van der Waals surface area contributed by atoms with E-state index in [0.717, 1.165) is 29.0 Å². The van der Waals surface area contributed by atoms with Crippen LogP contribution in [0.5, 0.6) is 11.5 Å². The molecule has 0 aliphatic carbocycles. The van der Waals surface area contributed by atoms with Crippen LogP contribution in [0, 0.1) is 11.8 Å². The molecule has 1 aliphatic heterocycles. The Bertz CT molecular complexity index is 710. The van der Waals surface area contributed by atoms with Crippen molar-refractivity contribution in [3.63, 3.8) is 0 Å². The molecule has 1 saturated heterocycles. The number of hydrogen-bond acceptors (Lipinski definition) is 4. The predicted octanol–water partition coefficient (Wildman–Crippen LogP) is 3.28. The van der Waals surface area contributed by atoms with E-state index >= 15 is 0 Å². The number of rotatable bonds is 6. The highest BCUT2D eigenvalue weighted by molar-refractivity contribution is 5.75. The minimum Gasteiger partial charge on any atom is -0.497 e. The van der Waals surface area contributed by atoms with Gasteiger partial charge in [0.2, 0.25) is 0 Å². The third kappa shape index (κ3) is 3.70. The van der Waals surface area contributed by atoms with Crippen LogP contribution in [0.3, 0.4) is 0 Å². The van der Waals surface area contributed by atoms with E-state index in [4.69, 9.17) is 14.2 Å². The molecule has 0 aromatic heterocycles. The number of carbonyl (C=O) groups is 1. The Morgan fingerprint density at radius 3 is 2.12 bits per heavy atom. The molecule has 4 heteroatoms. The zero-order valence-electron chi connectivity index (χ0n) is 14.0. The molecule has 0 radical (unpaired) electrons. The first-order valence-corrected chi connectivity index (χ1v) is 8.12. The largest absolute Gasteiger partial charge is 0.497 e. The van der Waals surface area contributed by atoms with Crippen LogP contribution in [0.2, 0.25) is 0 Å². The number of hydrogen-bond donors (Lipinski definition) is 0. The molecule has 0 amide bonds. The molecule has 0 spiro atoms. The van der Waals surface area contributed by atoms with Crippen LogP contribution in [-0.2, 0) is 22.4 Å². The van der Waals surface area contributed by atoms with Crippen molar-refractivity contribution in [3.05, 3.63) is 59.7 Å². The summed E-state index contributed by atoms with van der Waals surface area (Å²) >= 11 is 0. The van der Waals surface area contributed by atoms with Crippen LogP contribution < -0.4 is 9.47 Å². The summed E-state index contributed by atoms with van der Waals surface area (Å²) in [6.45, 7) is 0.477. The lowest BCUT2D eigenvalue weighted by molar-refractivity contribution is -0.141. The Labute approximate surface area is 142 Å². The fourth-order valence-electron chi connectivity index (χ4n) is 3.21. The molecule has 2 atom stereocenters. The minimum atomic E-state index is -0.122. The summed E-state index contributed by atoms with van der Waals surface area (Å²) in [7, 11) is 3.31. The summed E-state index contributed by atoms with van der Waals surface area (Å²) < 4.78 is 15.9. The summed E-state index contributed by atoms with van der Waals surface area (Å²) in [6.07, 6.45) is 1.47. The van der Waals surface area contributed by atoms with Crippen LogP contribution in [0.1, 0.15) is 11.1 Å². The van der Waals surface area contributed by atoms with Gasteiger partial charge in [0.1, 0.15) is 11.5 Å². The molecular formula is C20H22O4. The molecule has 2 unspecified atom stereocenters. The van der Waals surface area contributed by atoms with E-state index in [0.29, 0.717) is 13.0 Å². The van der Waals surface area contributed by atoms with E-state index in [-0.39, 0.29) is 17.8 Å². The average Bonchev–Trinajstić information content (AvgIpc) is 2.95. The standard InChI is InChI=1S/C20H22O4/c1-22-17-7-3-5-14(10-17)9-16-13-24-20(21)19(16)12-15-6-4-8-18(11-15)23-2/h3-8,10-11,16,19H,9,12-13H2,1-2H3/i1+1,2+1. The molecule has 126 valence electrons. The van der Waals surface area contributed by atoms with Crippen LogP contribution in [0.25, 0.3) is 0 Å². The van der Waals surface area contributed by atoms with Crippen molar-refractivity contribution in [1.29, 1.82) is 0 Å². The topological polar surface area (TPSA) is 44.8 Å². The summed E-state index contributed by atoms with van der Waals surface area (Å²) in [6, 6.07) is 15.8. The van der Waals surface area contributed by atoms with Crippen LogP contribution in [-0.4, -0.2) is 26.8 Å². The lowest BCUT2D eigenvalue weighted by atomic mass is 9.85. The summed E-state index contributed by atoms with van der Waals surface area (Å²) in [5, 5.41) is 0. The lowest BCUT2D eigenvalue weighted by Crippen LogP contribution is -2.20. The van der Waals surface area contributed by atoms with Gasteiger partial charge in [-0.2, -0.15) is 0 Å². The molecule has 1 heterocycles. The summed E-state index contributed by atoms with van der Waals surface area (Å²) in [5.41, 5.74) is 2.25. The van der Waals surface area contributed by atoms with Crippen LogP contribution in [0.4, 0.5) is 0 Å². The van der Waals surface area contributed by atoms with Gasteiger partial charge in [0, 0.05) is 5.92 Å². The highest BCUT2D eigenvalue weighted by Gasteiger charge is 2.36. The van der Waals surface area contributed by atoms with Crippen molar-refractivity contribution in [1.82, 2.24) is 0 Å². The van der Waals surface area contributed by atoms with Gasteiger partial charge < -0.3 is 14.2 Å². The molecule has 0 N–H and O–H groups in total. The molecular weight excluding hydrogens is 306 g/mol. The normalized spacial score (nSPS) is 19.8. The maximum absolute atomic E-state index is 12.2. The Balaban J connectivity index is 1.73. The lowest BCUT2D eigenvalue weighted by Gasteiger charge is -2.16. The van der Waals surface area contributed by atoms with E-state index < -0.39 is 0 Å². The number of benzene rings is 2. The van der Waals surface area contributed by atoms with Gasteiger partial charge in [0.05, 0.1) is 26.7 Å². The van der Waals surface area contributed by atoms with Crippen molar-refractivity contribution >= 4 is 5.97 Å². The van der Waals surface area contributed by atoms with Crippen molar-refractivity contribution in [2.45, 2.75) is 12.8 Å². The fraction of sp³-hybridized carbons (Fsp3) is 0.350. The molecule has 24 heavy (non-hydrogen) atoms. The second-order valence-electron chi connectivity index (χ2n) is 6.11. The molecule has 1 aliphatic rings. The van der Waals surface area contributed by atoms with E-state index in [2.05, 4.69) is 6.07 Å². The Morgan fingerprint density at radius 2 is 1.54 bits per heavy atom. The number of methoxy groups -OCH3 is 2. The maximum atomic E-state index is 12.2. The van der Waals surface area contributed by atoms with Gasteiger partial charge in [0.25, 0.3) is 0 Å². The van der Waals surface area contributed by atoms with Gasteiger partial charge in [-0.15, -0.1) is 0 Å². The van der Waals surface area contributed by atoms with Gasteiger partial charge in [-0.1, -0.05) is 24.3 Å². The number of ether oxygens (including phenoxy) is 3. The fourth-order valence-corrected chi connectivity index (χ4v) is 3.21. The molecule has 2 aromatic carbocycles. The first kappa shape index (κ1) is 16.4.